The van der Waals surface area contributed by atoms with E-state index in [4.69, 9.17) is 16.4 Å². The number of amidine groups is 1. The molecule has 1 aliphatic rings. The molecule has 0 amide bonds. The van der Waals surface area contributed by atoms with Crippen LogP contribution in [0.3, 0.4) is 0 Å². The average molecular weight is 330 g/mol. The molecular weight excluding hydrogens is 312 g/mol. The molecule has 10 nitrogen and oxygen atoms in total. The van der Waals surface area contributed by atoms with Crippen LogP contribution < -0.4 is 21.4 Å². The van der Waals surface area contributed by atoms with Crippen LogP contribution in [0.15, 0.2) is 17.2 Å². The van der Waals surface area contributed by atoms with Crippen molar-refractivity contribution < 1.29 is 4.92 Å². The molecule has 1 aromatic rings. The molecule has 10 heteroatoms. The lowest BCUT2D eigenvalue weighted by atomic mass is 10.1. The van der Waals surface area contributed by atoms with E-state index >= 15 is 0 Å². The van der Waals surface area contributed by atoms with Gasteiger partial charge in [-0.15, -0.1) is 0 Å². The zero-order valence-electron chi connectivity index (χ0n) is 13.2. The van der Waals surface area contributed by atoms with Crippen LogP contribution in [0.25, 0.3) is 0 Å². The van der Waals surface area contributed by atoms with Crippen LogP contribution in [0.1, 0.15) is 5.56 Å². The molecule has 1 heterocycles. The number of nitrogens with zero attached hydrogens (tertiary/aromatic N) is 4. The van der Waals surface area contributed by atoms with Gasteiger partial charge in [-0.3, -0.25) is 20.9 Å². The summed E-state index contributed by atoms with van der Waals surface area (Å²) in [6.07, 6.45) is 0. The number of rotatable bonds is 5. The van der Waals surface area contributed by atoms with Crippen molar-refractivity contribution in [2.24, 2.45) is 10.8 Å². The van der Waals surface area contributed by atoms with Gasteiger partial charge >= 0.3 is 0 Å². The zero-order valence-corrected chi connectivity index (χ0v) is 13.2. The summed E-state index contributed by atoms with van der Waals surface area (Å²) in [5, 5.41) is 34.5. The number of nitrogens with one attached hydrogen (secondary N) is 3. The number of nitro benzene ring substituents is 1. The molecule has 1 aliphatic heterocycles. The monoisotopic (exact) mass is 330 g/mol. The summed E-state index contributed by atoms with van der Waals surface area (Å²) < 4.78 is 0. The third-order valence-corrected chi connectivity index (χ3v) is 3.63. The normalized spacial score (nSPS) is 14.8. The Morgan fingerprint density at radius 3 is 2.75 bits per heavy atom. The van der Waals surface area contributed by atoms with Crippen LogP contribution in [0.5, 0.6) is 0 Å². The van der Waals surface area contributed by atoms with Gasteiger partial charge in [0.25, 0.3) is 5.69 Å². The SMILES string of the molecule is Cc1cc([N+](=O)[O-])c(N2CCNCC2)cc1N/N=C(\C#N)C(=N)N. The van der Waals surface area contributed by atoms with Gasteiger partial charge in [0.15, 0.2) is 5.84 Å². The van der Waals surface area contributed by atoms with E-state index in [0.29, 0.717) is 30.0 Å². The molecule has 0 radical (unpaired) electrons. The first kappa shape index (κ1) is 17.2. The Balaban J connectivity index is 2.41. The van der Waals surface area contributed by atoms with Crippen LogP contribution in [0.2, 0.25) is 0 Å². The first-order valence-corrected chi connectivity index (χ1v) is 7.27. The van der Waals surface area contributed by atoms with Crippen molar-refractivity contribution >= 4 is 28.6 Å². The minimum Gasteiger partial charge on any atom is -0.382 e. The van der Waals surface area contributed by atoms with Crippen molar-refractivity contribution in [3.8, 4) is 6.07 Å². The molecule has 2 rings (SSSR count). The molecule has 1 aromatic carbocycles. The number of nitrogens with two attached hydrogens (primary N) is 1. The molecule has 1 fully saturated rings. The Kier molecular flexibility index (Phi) is 5.28. The van der Waals surface area contributed by atoms with E-state index in [1.807, 2.05) is 4.90 Å². The van der Waals surface area contributed by atoms with Gasteiger partial charge in [0.05, 0.1) is 10.6 Å². The average Bonchev–Trinajstić information content (AvgIpc) is 2.56. The molecule has 0 atom stereocenters. The summed E-state index contributed by atoms with van der Waals surface area (Å²) in [5.41, 5.74) is 9.30. The lowest BCUT2D eigenvalue weighted by Gasteiger charge is -2.29. The summed E-state index contributed by atoms with van der Waals surface area (Å²) in [7, 11) is 0. The highest BCUT2D eigenvalue weighted by molar-refractivity contribution is 6.45. The van der Waals surface area contributed by atoms with Crippen molar-refractivity contribution in [2.75, 3.05) is 36.5 Å². The highest BCUT2D eigenvalue weighted by atomic mass is 16.6. The van der Waals surface area contributed by atoms with E-state index in [-0.39, 0.29) is 11.4 Å². The summed E-state index contributed by atoms with van der Waals surface area (Å²) in [6, 6.07) is 4.81. The van der Waals surface area contributed by atoms with Crippen molar-refractivity contribution in [3.05, 3.63) is 27.8 Å². The van der Waals surface area contributed by atoms with Crippen LogP contribution in [-0.4, -0.2) is 42.6 Å². The molecule has 5 N–H and O–H groups in total. The highest BCUT2D eigenvalue weighted by Gasteiger charge is 2.23. The quantitative estimate of drug-likeness (QED) is 0.265. The van der Waals surface area contributed by atoms with Gasteiger partial charge in [-0.1, -0.05) is 0 Å². The second kappa shape index (κ2) is 7.38. The third kappa shape index (κ3) is 3.76. The van der Waals surface area contributed by atoms with Gasteiger partial charge in [0.1, 0.15) is 11.8 Å². The number of benzene rings is 1. The van der Waals surface area contributed by atoms with E-state index in [0.717, 1.165) is 13.1 Å². The smallest absolute Gasteiger partial charge is 0.292 e. The number of hydrogen-bond donors (Lipinski definition) is 4. The summed E-state index contributed by atoms with van der Waals surface area (Å²) in [5.74, 6) is -0.452. The minimum atomic E-state index is -0.452. The maximum atomic E-state index is 11.4. The zero-order chi connectivity index (χ0) is 17.7. The summed E-state index contributed by atoms with van der Waals surface area (Å²) >= 11 is 0. The molecule has 0 saturated carbocycles. The van der Waals surface area contributed by atoms with Gasteiger partial charge in [-0.25, -0.2) is 0 Å². The second-order valence-corrected chi connectivity index (χ2v) is 5.25. The van der Waals surface area contributed by atoms with E-state index in [1.54, 1.807) is 19.1 Å². The van der Waals surface area contributed by atoms with Crippen LogP contribution in [0.4, 0.5) is 17.1 Å². The summed E-state index contributed by atoms with van der Waals surface area (Å²) in [6.45, 7) is 4.50. The number of hydrogen-bond acceptors (Lipinski definition) is 8. The van der Waals surface area contributed by atoms with E-state index in [9.17, 15) is 10.1 Å². The number of nitriles is 1. The number of piperazine rings is 1. The largest absolute Gasteiger partial charge is 0.382 e. The maximum absolute atomic E-state index is 11.4. The Labute approximate surface area is 138 Å². The first-order chi connectivity index (χ1) is 11.4. The van der Waals surface area contributed by atoms with Crippen molar-refractivity contribution in [1.82, 2.24) is 5.32 Å². The molecule has 1 saturated heterocycles. The van der Waals surface area contributed by atoms with Gasteiger partial charge in [0, 0.05) is 32.2 Å². The third-order valence-electron chi connectivity index (χ3n) is 3.63. The lowest BCUT2D eigenvalue weighted by molar-refractivity contribution is -0.384. The Hall–Kier alpha value is -3.19. The standard InChI is InChI=1S/C14H18N8O2/c1-9-6-13(22(23)24)12(21-4-2-18-3-5-21)7-10(9)19-20-11(8-15)14(16)17/h6-7,18-19H,2-5H2,1H3,(H3,16,17)/b20-11+. The van der Waals surface area contributed by atoms with Gasteiger partial charge in [0.2, 0.25) is 5.71 Å². The van der Waals surface area contributed by atoms with E-state index in [1.165, 1.54) is 6.07 Å². The van der Waals surface area contributed by atoms with Crippen LogP contribution in [0, 0.1) is 33.8 Å². The van der Waals surface area contributed by atoms with E-state index in [2.05, 4.69) is 15.8 Å². The lowest BCUT2D eigenvalue weighted by Crippen LogP contribution is -2.43. The number of hydrazone groups is 1. The molecule has 24 heavy (non-hydrogen) atoms. The van der Waals surface area contributed by atoms with Crippen LogP contribution in [-0.2, 0) is 0 Å². The van der Waals surface area contributed by atoms with Crippen molar-refractivity contribution in [1.29, 1.82) is 10.7 Å². The predicted octanol–water partition coefficient (Wildman–Crippen LogP) is 0.540. The summed E-state index contributed by atoms with van der Waals surface area (Å²) in [4.78, 5) is 12.9. The van der Waals surface area contributed by atoms with Crippen LogP contribution >= 0.6 is 0 Å². The molecular formula is C14H18N8O2. The fourth-order valence-electron chi connectivity index (χ4n) is 2.37. The number of anilines is 2. The van der Waals surface area contributed by atoms with Gasteiger partial charge in [-0.2, -0.15) is 10.4 Å². The molecule has 0 bridgehead atoms. The Morgan fingerprint density at radius 2 is 2.21 bits per heavy atom. The molecule has 0 unspecified atom stereocenters. The van der Waals surface area contributed by atoms with Gasteiger partial charge in [-0.05, 0) is 18.6 Å². The molecule has 0 aromatic heterocycles. The number of nitro groups is 1. The minimum absolute atomic E-state index is 0.0241. The fourth-order valence-corrected chi connectivity index (χ4v) is 2.37. The van der Waals surface area contributed by atoms with Crippen molar-refractivity contribution in [2.45, 2.75) is 6.92 Å². The van der Waals surface area contributed by atoms with Crippen molar-refractivity contribution in [3.63, 3.8) is 0 Å². The molecule has 126 valence electrons. The topological polar surface area (TPSA) is 156 Å². The van der Waals surface area contributed by atoms with E-state index < -0.39 is 10.8 Å². The number of aryl methyl sites for hydroxylation is 1. The maximum Gasteiger partial charge on any atom is 0.292 e. The fraction of sp³-hybridized carbons (Fsp3) is 0.357. The van der Waals surface area contributed by atoms with Gasteiger partial charge < -0.3 is 16.0 Å². The predicted molar refractivity (Wildman–Crippen MR) is 91.5 cm³/mol. The Morgan fingerprint density at radius 1 is 1.54 bits per heavy atom. The Bertz CT molecular complexity index is 731. The highest BCUT2D eigenvalue weighted by Crippen LogP contribution is 2.34. The molecule has 0 aliphatic carbocycles. The second-order valence-electron chi connectivity index (χ2n) is 5.25. The molecule has 0 spiro atoms. The first-order valence-electron chi connectivity index (χ1n) is 7.27.